The lowest BCUT2D eigenvalue weighted by Crippen LogP contribution is -2.34. The molecule has 168 valence electrons. The van der Waals surface area contributed by atoms with Crippen LogP contribution < -0.4 is 10.9 Å². The number of aromatic nitrogens is 2. The summed E-state index contributed by atoms with van der Waals surface area (Å²) in [4.78, 5) is 45.6. The Bertz CT molecular complexity index is 1260. The van der Waals surface area contributed by atoms with Gasteiger partial charge in [0.05, 0.1) is 17.9 Å². The highest BCUT2D eigenvalue weighted by atomic mass is 32.1. The molecule has 0 saturated heterocycles. The number of carbonyl (C=O) groups is 2. The lowest BCUT2D eigenvalue weighted by Gasteiger charge is -2.22. The lowest BCUT2D eigenvalue weighted by atomic mass is 9.86. The van der Waals surface area contributed by atoms with Crippen molar-refractivity contribution in [3.8, 4) is 0 Å². The zero-order valence-electron chi connectivity index (χ0n) is 18.7. The summed E-state index contributed by atoms with van der Waals surface area (Å²) in [5, 5.41) is 3.36. The Hall–Kier alpha value is -3.00. The summed E-state index contributed by atoms with van der Waals surface area (Å²) in [5.41, 5.74) is 2.11. The average molecular weight is 454 g/mol. The van der Waals surface area contributed by atoms with Gasteiger partial charge in [-0.2, -0.15) is 0 Å². The highest BCUT2D eigenvalue weighted by Crippen LogP contribution is 2.41. The molecule has 0 fully saturated rings. The van der Waals surface area contributed by atoms with Gasteiger partial charge in [0.2, 0.25) is 5.91 Å². The molecule has 2 heterocycles. The molecule has 3 aromatic rings. The minimum Gasteiger partial charge on any atom is -0.466 e. The second-order valence-electron chi connectivity index (χ2n) is 8.13. The van der Waals surface area contributed by atoms with Gasteiger partial charge in [0, 0.05) is 10.6 Å². The van der Waals surface area contributed by atoms with E-state index in [0.29, 0.717) is 34.8 Å². The predicted molar refractivity (Wildman–Crippen MR) is 125 cm³/mol. The number of para-hydroxylation sites is 1. The number of ether oxygens (including phenoxy) is 1. The van der Waals surface area contributed by atoms with Crippen LogP contribution in [0.4, 0.5) is 5.69 Å². The molecular weight excluding hydrogens is 426 g/mol. The molecule has 0 aliphatic heterocycles. The Morgan fingerprint density at radius 2 is 2.06 bits per heavy atom. The first-order valence-corrected chi connectivity index (χ1v) is 11.7. The third kappa shape index (κ3) is 3.83. The van der Waals surface area contributed by atoms with E-state index < -0.39 is 12.0 Å². The van der Waals surface area contributed by atoms with E-state index in [4.69, 9.17) is 4.74 Å². The topological polar surface area (TPSA) is 90.3 Å². The summed E-state index contributed by atoms with van der Waals surface area (Å²) in [6, 6.07) is 6.74. The molecule has 32 heavy (non-hydrogen) atoms. The van der Waals surface area contributed by atoms with E-state index in [0.717, 1.165) is 28.8 Å². The van der Waals surface area contributed by atoms with E-state index in [2.05, 4.69) is 10.3 Å². The Labute approximate surface area is 190 Å². The third-order valence-electron chi connectivity index (χ3n) is 6.03. The highest BCUT2D eigenvalue weighted by molar-refractivity contribution is 7.18. The van der Waals surface area contributed by atoms with Gasteiger partial charge < -0.3 is 10.1 Å². The molecule has 8 heteroatoms. The minimum atomic E-state index is -0.765. The number of anilines is 1. The molecule has 1 aliphatic rings. The van der Waals surface area contributed by atoms with Gasteiger partial charge in [0.1, 0.15) is 16.7 Å². The molecule has 1 aromatic carbocycles. The number of hydrogen-bond acceptors (Lipinski definition) is 6. The number of nitrogens with zero attached hydrogens (tertiary/aromatic N) is 2. The number of carbonyl (C=O) groups excluding carboxylic acids is 2. The Balaban J connectivity index is 1.79. The maximum atomic E-state index is 13.7. The fraction of sp³-hybridized carbons (Fsp3) is 0.417. The predicted octanol–water partition coefficient (Wildman–Crippen LogP) is 4.26. The number of benzene rings is 1. The van der Waals surface area contributed by atoms with Crippen LogP contribution in [0.2, 0.25) is 0 Å². The zero-order valence-corrected chi connectivity index (χ0v) is 19.5. The summed E-state index contributed by atoms with van der Waals surface area (Å²) >= 11 is 1.47. The van der Waals surface area contributed by atoms with Crippen molar-refractivity contribution in [1.82, 2.24) is 9.55 Å². The molecule has 1 N–H and O–H groups in total. The van der Waals surface area contributed by atoms with Crippen molar-refractivity contribution < 1.29 is 14.3 Å². The van der Waals surface area contributed by atoms with E-state index in [1.807, 2.05) is 31.2 Å². The van der Waals surface area contributed by atoms with Crippen LogP contribution in [0.5, 0.6) is 0 Å². The van der Waals surface area contributed by atoms with Gasteiger partial charge in [-0.1, -0.05) is 18.2 Å². The molecule has 2 atom stereocenters. The third-order valence-corrected chi connectivity index (χ3v) is 7.19. The number of aryl methyl sites for hydroxylation is 3. The average Bonchev–Trinajstić information content (AvgIpc) is 3.13. The molecule has 0 radical (unpaired) electrons. The van der Waals surface area contributed by atoms with Gasteiger partial charge in [0.15, 0.2) is 0 Å². The van der Waals surface area contributed by atoms with E-state index in [-0.39, 0.29) is 17.4 Å². The standard InChI is InChI=1S/C24H27N3O4S/c1-5-31-24(30)16-10-8-12-18-19(16)20-22(32-18)25-15(4)27(23(20)29)14(3)21(28)26-17-11-7-6-9-13(17)2/h6-7,9,11,14,16H,5,8,10,12H2,1-4H3,(H,26,28). The van der Waals surface area contributed by atoms with E-state index in [1.54, 1.807) is 20.8 Å². The monoisotopic (exact) mass is 453 g/mol. The number of amides is 1. The molecule has 1 aliphatic carbocycles. The van der Waals surface area contributed by atoms with Crippen molar-refractivity contribution in [2.45, 2.75) is 58.9 Å². The van der Waals surface area contributed by atoms with E-state index in [9.17, 15) is 14.4 Å². The van der Waals surface area contributed by atoms with Crippen LogP contribution >= 0.6 is 11.3 Å². The van der Waals surface area contributed by atoms with E-state index >= 15 is 0 Å². The first-order valence-electron chi connectivity index (χ1n) is 10.9. The molecule has 2 unspecified atom stereocenters. The largest absolute Gasteiger partial charge is 0.466 e. The van der Waals surface area contributed by atoms with Crippen molar-refractivity contribution in [3.63, 3.8) is 0 Å². The number of fused-ring (bicyclic) bond motifs is 3. The molecule has 4 rings (SSSR count). The van der Waals surface area contributed by atoms with Crippen molar-refractivity contribution in [3.05, 3.63) is 56.4 Å². The van der Waals surface area contributed by atoms with Crippen molar-refractivity contribution >= 4 is 39.1 Å². The first-order chi connectivity index (χ1) is 15.3. The number of hydrogen-bond donors (Lipinski definition) is 1. The van der Waals surface area contributed by atoms with Gasteiger partial charge in [-0.3, -0.25) is 19.0 Å². The Kier molecular flexibility index (Phi) is 6.15. The summed E-state index contributed by atoms with van der Waals surface area (Å²) in [6.07, 6.45) is 2.33. The van der Waals surface area contributed by atoms with Crippen LogP contribution in [0, 0.1) is 13.8 Å². The van der Waals surface area contributed by atoms with Gasteiger partial charge >= 0.3 is 5.97 Å². The smallest absolute Gasteiger partial charge is 0.313 e. The van der Waals surface area contributed by atoms with Gasteiger partial charge in [-0.05, 0) is 64.2 Å². The van der Waals surface area contributed by atoms with Crippen LogP contribution in [0.25, 0.3) is 10.2 Å². The number of rotatable bonds is 5. The normalized spacial score (nSPS) is 16.4. The van der Waals surface area contributed by atoms with Crippen LogP contribution in [-0.4, -0.2) is 28.0 Å². The highest BCUT2D eigenvalue weighted by Gasteiger charge is 2.34. The minimum absolute atomic E-state index is 0.284. The quantitative estimate of drug-likeness (QED) is 0.583. The fourth-order valence-electron chi connectivity index (χ4n) is 4.40. The van der Waals surface area contributed by atoms with Crippen LogP contribution in [0.3, 0.4) is 0 Å². The SMILES string of the molecule is CCOC(=O)C1CCCc2sc3nc(C)n(C(C)C(=O)Nc4ccccc4C)c(=O)c3c21. The first kappa shape index (κ1) is 22.2. The maximum Gasteiger partial charge on any atom is 0.313 e. The summed E-state index contributed by atoms with van der Waals surface area (Å²) < 4.78 is 6.72. The van der Waals surface area contributed by atoms with Gasteiger partial charge in [-0.25, -0.2) is 4.98 Å². The number of thiophene rings is 1. The van der Waals surface area contributed by atoms with Crippen LogP contribution in [0.15, 0.2) is 29.1 Å². The summed E-state index contributed by atoms with van der Waals surface area (Å²) in [5.74, 6) is -0.586. The number of nitrogens with one attached hydrogen (secondary N) is 1. The Morgan fingerprint density at radius 3 is 2.78 bits per heavy atom. The Morgan fingerprint density at radius 1 is 1.31 bits per heavy atom. The molecule has 1 amide bonds. The molecular formula is C24H27N3O4S. The van der Waals surface area contributed by atoms with Crippen molar-refractivity contribution in [2.75, 3.05) is 11.9 Å². The molecule has 7 nitrogen and oxygen atoms in total. The molecule has 0 spiro atoms. The maximum absolute atomic E-state index is 13.7. The summed E-state index contributed by atoms with van der Waals surface area (Å²) in [6.45, 7) is 7.42. The van der Waals surface area contributed by atoms with Gasteiger partial charge in [0.25, 0.3) is 5.56 Å². The summed E-state index contributed by atoms with van der Waals surface area (Å²) in [7, 11) is 0. The second kappa shape index (κ2) is 8.86. The molecule has 2 aromatic heterocycles. The molecule has 0 saturated carbocycles. The van der Waals surface area contributed by atoms with Crippen molar-refractivity contribution in [2.24, 2.45) is 0 Å². The fourth-order valence-corrected chi connectivity index (χ4v) is 5.71. The second-order valence-corrected chi connectivity index (χ2v) is 9.21. The van der Waals surface area contributed by atoms with E-state index in [1.165, 1.54) is 15.9 Å². The van der Waals surface area contributed by atoms with Crippen molar-refractivity contribution in [1.29, 1.82) is 0 Å². The zero-order chi connectivity index (χ0) is 23.0. The van der Waals surface area contributed by atoms with Gasteiger partial charge in [-0.15, -0.1) is 11.3 Å². The molecule has 0 bridgehead atoms. The lowest BCUT2D eigenvalue weighted by molar-refractivity contribution is -0.145. The van der Waals surface area contributed by atoms with Crippen LogP contribution in [-0.2, 0) is 20.7 Å². The van der Waals surface area contributed by atoms with Crippen LogP contribution in [0.1, 0.15) is 60.5 Å². The number of esters is 1.